The highest BCUT2D eigenvalue weighted by Gasteiger charge is 2.18. The number of hydrogen-bond donors (Lipinski definition) is 1. The van der Waals surface area contributed by atoms with Gasteiger partial charge in [-0.1, -0.05) is 24.3 Å². The van der Waals surface area contributed by atoms with Gasteiger partial charge < -0.3 is 15.3 Å². The van der Waals surface area contributed by atoms with Crippen molar-refractivity contribution in [3.8, 4) is 5.75 Å². The summed E-state index contributed by atoms with van der Waals surface area (Å²) in [6.45, 7) is 0. The Kier molecular flexibility index (Phi) is 5.92. The van der Waals surface area contributed by atoms with Gasteiger partial charge in [-0.05, 0) is 48.2 Å². The van der Waals surface area contributed by atoms with E-state index in [1.165, 1.54) is 0 Å². The molecule has 2 aromatic carbocycles. The van der Waals surface area contributed by atoms with Crippen LogP contribution in [0, 0.1) is 5.92 Å². The van der Waals surface area contributed by atoms with E-state index in [2.05, 4.69) is 0 Å². The lowest BCUT2D eigenvalue weighted by Gasteiger charge is -2.10. The number of ether oxygens (including phenoxy) is 1. The van der Waals surface area contributed by atoms with Crippen LogP contribution in [0.1, 0.15) is 17.5 Å². The summed E-state index contributed by atoms with van der Waals surface area (Å²) in [5.41, 5.74) is 8.33. The Morgan fingerprint density at radius 3 is 2.26 bits per heavy atom. The molecule has 1 atom stereocenters. The third-order valence-electron chi connectivity index (χ3n) is 3.83. The van der Waals surface area contributed by atoms with Gasteiger partial charge in [0.2, 0.25) is 0 Å². The van der Waals surface area contributed by atoms with Crippen molar-refractivity contribution >= 4 is 17.8 Å². The molecule has 2 aromatic rings. The topological polar surface area (TPSA) is 69.4 Å². The normalized spacial score (nSPS) is 11.7. The molecule has 0 bridgehead atoms. The predicted molar refractivity (Wildman–Crippen MR) is 90.4 cm³/mol. The van der Waals surface area contributed by atoms with Crippen LogP contribution in [0.2, 0.25) is 0 Å². The number of methoxy groups -OCH3 is 1. The number of carbonyl (C=O) groups is 2. The van der Waals surface area contributed by atoms with Crippen molar-refractivity contribution in [2.45, 2.75) is 19.3 Å². The van der Waals surface area contributed by atoms with Gasteiger partial charge in [-0.2, -0.15) is 0 Å². The Hall–Kier alpha value is -2.62. The molecule has 0 spiro atoms. The first-order valence-electron chi connectivity index (χ1n) is 7.57. The van der Waals surface area contributed by atoms with E-state index in [1.54, 1.807) is 7.11 Å². The fraction of sp³-hybridized carbons (Fsp3) is 0.263. The molecule has 4 nitrogen and oxygen atoms in total. The lowest BCUT2D eigenvalue weighted by molar-refractivity contribution is -0.127. The number of nitrogen functional groups attached to an aromatic ring is 1. The molecule has 4 heteroatoms. The van der Waals surface area contributed by atoms with E-state index >= 15 is 0 Å². The molecule has 0 radical (unpaired) electrons. The van der Waals surface area contributed by atoms with Gasteiger partial charge in [0.05, 0.1) is 13.0 Å². The lowest BCUT2D eigenvalue weighted by atomic mass is 9.93. The van der Waals surface area contributed by atoms with Gasteiger partial charge >= 0.3 is 0 Å². The fourth-order valence-electron chi connectivity index (χ4n) is 2.39. The third kappa shape index (κ3) is 4.95. The van der Waals surface area contributed by atoms with Crippen LogP contribution in [-0.4, -0.2) is 19.2 Å². The largest absolute Gasteiger partial charge is 0.497 e. The Morgan fingerprint density at radius 2 is 1.70 bits per heavy atom. The summed E-state index contributed by atoms with van der Waals surface area (Å²) in [6.07, 6.45) is 2.14. The monoisotopic (exact) mass is 311 g/mol. The highest BCUT2D eigenvalue weighted by Crippen LogP contribution is 2.16. The summed E-state index contributed by atoms with van der Waals surface area (Å²) in [4.78, 5) is 23.5. The van der Waals surface area contributed by atoms with Crippen molar-refractivity contribution in [2.75, 3.05) is 12.8 Å². The van der Waals surface area contributed by atoms with E-state index in [-0.39, 0.29) is 5.78 Å². The molecule has 0 amide bonds. The molecule has 0 saturated carbocycles. The molecular weight excluding hydrogens is 290 g/mol. The van der Waals surface area contributed by atoms with Gasteiger partial charge in [0, 0.05) is 12.1 Å². The van der Waals surface area contributed by atoms with Crippen molar-refractivity contribution in [3.05, 3.63) is 59.7 Å². The molecule has 0 aliphatic heterocycles. The number of hydrogen-bond acceptors (Lipinski definition) is 4. The minimum Gasteiger partial charge on any atom is -0.497 e. The van der Waals surface area contributed by atoms with E-state index in [9.17, 15) is 9.59 Å². The van der Waals surface area contributed by atoms with Crippen LogP contribution >= 0.6 is 0 Å². The molecule has 0 heterocycles. The van der Waals surface area contributed by atoms with Gasteiger partial charge in [0.1, 0.15) is 17.8 Å². The summed E-state index contributed by atoms with van der Waals surface area (Å²) in [6, 6.07) is 14.9. The maximum absolute atomic E-state index is 12.3. The zero-order valence-electron chi connectivity index (χ0n) is 13.2. The Labute approximate surface area is 136 Å². The SMILES string of the molecule is COc1ccc(CC(C=O)C(=O)CCc2ccc(N)cc2)cc1. The number of nitrogens with two attached hydrogens (primary N) is 1. The van der Waals surface area contributed by atoms with Crippen molar-refractivity contribution < 1.29 is 14.3 Å². The second kappa shape index (κ2) is 8.13. The molecule has 120 valence electrons. The van der Waals surface area contributed by atoms with Crippen LogP contribution in [0.5, 0.6) is 5.75 Å². The molecule has 0 saturated heterocycles. The van der Waals surface area contributed by atoms with Crippen molar-refractivity contribution in [2.24, 2.45) is 5.92 Å². The Balaban J connectivity index is 1.92. The van der Waals surface area contributed by atoms with E-state index < -0.39 is 5.92 Å². The Bertz CT molecular complexity index is 647. The molecule has 2 N–H and O–H groups in total. The van der Waals surface area contributed by atoms with E-state index in [0.717, 1.165) is 23.2 Å². The first-order valence-corrected chi connectivity index (χ1v) is 7.57. The molecule has 0 aromatic heterocycles. The predicted octanol–water partition coefficient (Wildman–Crippen LogP) is 2.84. The fourth-order valence-corrected chi connectivity index (χ4v) is 2.39. The number of carbonyl (C=O) groups excluding carboxylic acids is 2. The number of anilines is 1. The number of aryl methyl sites for hydroxylation is 1. The van der Waals surface area contributed by atoms with Crippen LogP contribution in [-0.2, 0) is 22.4 Å². The maximum atomic E-state index is 12.3. The van der Waals surface area contributed by atoms with Crippen molar-refractivity contribution in [1.29, 1.82) is 0 Å². The zero-order valence-corrected chi connectivity index (χ0v) is 13.2. The van der Waals surface area contributed by atoms with Gasteiger partial charge in [-0.3, -0.25) is 4.79 Å². The molecular formula is C19H21NO3. The van der Waals surface area contributed by atoms with Gasteiger partial charge in [0.15, 0.2) is 0 Å². The highest BCUT2D eigenvalue weighted by atomic mass is 16.5. The maximum Gasteiger partial charge on any atom is 0.143 e. The summed E-state index contributed by atoms with van der Waals surface area (Å²) < 4.78 is 5.10. The third-order valence-corrected chi connectivity index (χ3v) is 3.83. The summed E-state index contributed by atoms with van der Waals surface area (Å²) in [5, 5.41) is 0. The number of Topliss-reactive ketones (excluding diaryl/α,β-unsaturated/α-hetero) is 1. The van der Waals surface area contributed by atoms with E-state index in [4.69, 9.17) is 10.5 Å². The van der Waals surface area contributed by atoms with Gasteiger partial charge in [0.25, 0.3) is 0 Å². The second-order valence-corrected chi connectivity index (χ2v) is 5.50. The molecule has 0 aliphatic carbocycles. The average Bonchev–Trinajstić information content (AvgIpc) is 2.59. The van der Waals surface area contributed by atoms with Gasteiger partial charge in [-0.15, -0.1) is 0 Å². The minimum atomic E-state index is -0.600. The molecule has 0 aliphatic rings. The average molecular weight is 311 g/mol. The minimum absolute atomic E-state index is 0.0346. The number of aldehydes is 1. The summed E-state index contributed by atoms with van der Waals surface area (Å²) in [7, 11) is 1.60. The zero-order chi connectivity index (χ0) is 16.7. The smallest absolute Gasteiger partial charge is 0.143 e. The Morgan fingerprint density at radius 1 is 1.09 bits per heavy atom. The lowest BCUT2D eigenvalue weighted by Crippen LogP contribution is -2.19. The standard InChI is InChI=1S/C19H21NO3/c1-23-18-9-4-15(5-10-18)12-16(13-21)19(22)11-6-14-2-7-17(20)8-3-14/h2-5,7-10,13,16H,6,11-12,20H2,1H3. The second-order valence-electron chi connectivity index (χ2n) is 5.50. The van der Waals surface area contributed by atoms with Gasteiger partial charge in [-0.25, -0.2) is 0 Å². The van der Waals surface area contributed by atoms with E-state index in [0.29, 0.717) is 24.9 Å². The van der Waals surface area contributed by atoms with Crippen LogP contribution in [0.15, 0.2) is 48.5 Å². The molecule has 23 heavy (non-hydrogen) atoms. The molecule has 0 fully saturated rings. The van der Waals surface area contributed by atoms with Crippen LogP contribution in [0.25, 0.3) is 0 Å². The number of benzene rings is 2. The first-order chi connectivity index (χ1) is 11.1. The highest BCUT2D eigenvalue weighted by molar-refractivity contribution is 5.93. The van der Waals surface area contributed by atoms with Crippen LogP contribution in [0.4, 0.5) is 5.69 Å². The van der Waals surface area contributed by atoms with Crippen LogP contribution < -0.4 is 10.5 Å². The number of ketones is 1. The van der Waals surface area contributed by atoms with Crippen molar-refractivity contribution in [1.82, 2.24) is 0 Å². The first kappa shape index (κ1) is 16.7. The number of rotatable bonds is 8. The molecule has 1 unspecified atom stereocenters. The quantitative estimate of drug-likeness (QED) is 0.462. The summed E-state index contributed by atoms with van der Waals surface area (Å²) >= 11 is 0. The van der Waals surface area contributed by atoms with Crippen molar-refractivity contribution in [3.63, 3.8) is 0 Å². The van der Waals surface area contributed by atoms with E-state index in [1.807, 2.05) is 48.5 Å². The molecule has 2 rings (SSSR count). The van der Waals surface area contributed by atoms with Crippen LogP contribution in [0.3, 0.4) is 0 Å². The summed E-state index contributed by atoms with van der Waals surface area (Å²) in [5.74, 6) is 0.121.